The summed E-state index contributed by atoms with van der Waals surface area (Å²) in [5, 5.41) is 3.00. The van der Waals surface area contributed by atoms with E-state index in [9.17, 15) is 8.78 Å². The van der Waals surface area contributed by atoms with Gasteiger partial charge in [0.2, 0.25) is 0 Å². The first-order chi connectivity index (χ1) is 8.16. The quantitative estimate of drug-likeness (QED) is 0.798. The van der Waals surface area contributed by atoms with Crippen molar-refractivity contribution in [2.75, 3.05) is 24.2 Å². The van der Waals surface area contributed by atoms with Crippen LogP contribution in [0.1, 0.15) is 24.8 Å². The van der Waals surface area contributed by atoms with Crippen molar-refractivity contribution >= 4 is 11.4 Å². The summed E-state index contributed by atoms with van der Waals surface area (Å²) in [4.78, 5) is 0. The first-order valence-corrected chi connectivity index (χ1v) is 5.70. The number of hydrogen-bond donors (Lipinski definition) is 2. The monoisotopic (exact) mass is 242 g/mol. The summed E-state index contributed by atoms with van der Waals surface area (Å²) in [5.74, 6) is 0. The van der Waals surface area contributed by atoms with E-state index >= 15 is 0 Å². The second kappa shape index (κ2) is 5.31. The Balaban J connectivity index is 2.03. The summed E-state index contributed by atoms with van der Waals surface area (Å²) in [6.07, 6.45) is -0.384. The zero-order chi connectivity index (χ0) is 12.3. The van der Waals surface area contributed by atoms with Gasteiger partial charge in [-0.25, -0.2) is 8.78 Å². The molecule has 5 heteroatoms. The second-order valence-corrected chi connectivity index (χ2v) is 4.16. The molecule has 1 aliphatic rings. The molecule has 1 fully saturated rings. The van der Waals surface area contributed by atoms with E-state index in [1.165, 1.54) is 6.07 Å². The van der Waals surface area contributed by atoms with Gasteiger partial charge >= 0.3 is 0 Å². The Morgan fingerprint density at radius 2 is 2.29 bits per heavy atom. The maximum absolute atomic E-state index is 12.8. The van der Waals surface area contributed by atoms with Gasteiger partial charge in [0, 0.05) is 30.1 Å². The number of nitrogen functional groups attached to an aromatic ring is 1. The molecule has 0 aliphatic carbocycles. The third kappa shape index (κ3) is 3.06. The minimum Gasteiger partial charge on any atom is -0.399 e. The number of hydrogen-bond acceptors (Lipinski definition) is 3. The fraction of sp³-hybridized carbons (Fsp3) is 0.500. The molecule has 0 saturated carbocycles. The van der Waals surface area contributed by atoms with Gasteiger partial charge < -0.3 is 15.8 Å². The van der Waals surface area contributed by atoms with Crippen LogP contribution in [0.25, 0.3) is 0 Å². The van der Waals surface area contributed by atoms with Crippen LogP contribution in [-0.2, 0) is 4.74 Å². The van der Waals surface area contributed by atoms with Crippen LogP contribution in [0.4, 0.5) is 20.2 Å². The van der Waals surface area contributed by atoms with E-state index in [-0.39, 0.29) is 11.7 Å². The predicted octanol–water partition coefficient (Wildman–Crippen LogP) is 2.80. The lowest BCUT2D eigenvalue weighted by Crippen LogP contribution is -2.19. The number of nitrogens with two attached hydrogens (primary N) is 1. The van der Waals surface area contributed by atoms with Crippen LogP contribution >= 0.6 is 0 Å². The molecule has 1 aromatic carbocycles. The Morgan fingerprint density at radius 3 is 2.94 bits per heavy atom. The molecule has 17 heavy (non-hydrogen) atoms. The second-order valence-electron chi connectivity index (χ2n) is 4.16. The highest BCUT2D eigenvalue weighted by Crippen LogP contribution is 2.29. The zero-order valence-electron chi connectivity index (χ0n) is 9.46. The largest absolute Gasteiger partial charge is 0.399 e. The van der Waals surface area contributed by atoms with Gasteiger partial charge in [-0.3, -0.25) is 0 Å². The summed E-state index contributed by atoms with van der Waals surface area (Å²) in [5.41, 5.74) is 6.23. The normalized spacial score (nSPS) is 19.8. The molecule has 1 unspecified atom stereocenters. The van der Waals surface area contributed by atoms with E-state index in [1.54, 1.807) is 12.1 Å². The highest BCUT2D eigenvalue weighted by molar-refractivity contribution is 5.58. The lowest BCUT2D eigenvalue weighted by molar-refractivity contribution is 0.120. The number of benzene rings is 1. The molecule has 1 aliphatic heterocycles. The lowest BCUT2D eigenvalue weighted by atomic mass is 10.1. The minimum atomic E-state index is -2.52. The molecular weight excluding hydrogens is 226 g/mol. The molecule has 0 aromatic heterocycles. The number of alkyl halides is 2. The number of halogens is 2. The van der Waals surface area contributed by atoms with Gasteiger partial charge in [0.25, 0.3) is 6.43 Å². The Hall–Kier alpha value is -1.36. The Kier molecular flexibility index (Phi) is 3.78. The average molecular weight is 242 g/mol. The molecule has 2 rings (SSSR count). The maximum atomic E-state index is 12.8. The van der Waals surface area contributed by atoms with Gasteiger partial charge in [0.05, 0.1) is 6.10 Å². The maximum Gasteiger partial charge on any atom is 0.265 e. The first kappa shape index (κ1) is 12.1. The molecule has 1 saturated heterocycles. The van der Waals surface area contributed by atoms with Gasteiger partial charge in [0.1, 0.15) is 0 Å². The van der Waals surface area contributed by atoms with Crippen LogP contribution in [0.15, 0.2) is 18.2 Å². The Bertz CT molecular complexity index is 379. The number of anilines is 2. The van der Waals surface area contributed by atoms with Crippen molar-refractivity contribution in [3.8, 4) is 0 Å². The molecule has 1 aromatic rings. The van der Waals surface area contributed by atoms with Gasteiger partial charge in [-0.1, -0.05) is 0 Å². The topological polar surface area (TPSA) is 47.3 Å². The van der Waals surface area contributed by atoms with Crippen molar-refractivity contribution in [1.82, 2.24) is 0 Å². The van der Waals surface area contributed by atoms with Gasteiger partial charge in [-0.05, 0) is 31.0 Å². The molecular formula is C12H16F2N2O. The molecule has 1 heterocycles. The third-order valence-electron chi connectivity index (χ3n) is 2.85. The van der Waals surface area contributed by atoms with Crippen LogP contribution < -0.4 is 11.1 Å². The van der Waals surface area contributed by atoms with Crippen molar-refractivity contribution < 1.29 is 13.5 Å². The first-order valence-electron chi connectivity index (χ1n) is 5.70. The minimum absolute atomic E-state index is 0.0528. The van der Waals surface area contributed by atoms with E-state index in [1.807, 2.05) is 0 Å². The fourth-order valence-electron chi connectivity index (χ4n) is 1.95. The molecule has 3 N–H and O–H groups in total. The standard InChI is InChI=1S/C12H16F2N2O/c13-12(14)10-6-8(15)3-4-11(10)16-7-9-2-1-5-17-9/h3-4,6,9,12,16H,1-2,5,7,15H2. The van der Waals surface area contributed by atoms with Gasteiger partial charge in [0.15, 0.2) is 0 Å². The van der Waals surface area contributed by atoms with Crippen molar-refractivity contribution in [2.45, 2.75) is 25.4 Å². The molecule has 0 radical (unpaired) electrons. The van der Waals surface area contributed by atoms with E-state index in [0.29, 0.717) is 17.9 Å². The highest BCUT2D eigenvalue weighted by atomic mass is 19.3. The van der Waals surface area contributed by atoms with Crippen LogP contribution in [0.3, 0.4) is 0 Å². The SMILES string of the molecule is Nc1ccc(NCC2CCCO2)c(C(F)F)c1. The highest BCUT2D eigenvalue weighted by Gasteiger charge is 2.17. The number of rotatable bonds is 4. The van der Waals surface area contributed by atoms with Crippen LogP contribution in [0.5, 0.6) is 0 Å². The average Bonchev–Trinajstić information content (AvgIpc) is 2.80. The smallest absolute Gasteiger partial charge is 0.265 e. The fourth-order valence-corrected chi connectivity index (χ4v) is 1.95. The summed E-state index contributed by atoms with van der Waals surface area (Å²) in [6.45, 7) is 1.32. The summed E-state index contributed by atoms with van der Waals surface area (Å²) < 4.78 is 31.0. The van der Waals surface area contributed by atoms with Crippen LogP contribution in [-0.4, -0.2) is 19.3 Å². The van der Waals surface area contributed by atoms with E-state index in [2.05, 4.69) is 5.32 Å². The van der Waals surface area contributed by atoms with Crippen molar-refractivity contribution in [3.05, 3.63) is 23.8 Å². The summed E-state index contributed by atoms with van der Waals surface area (Å²) >= 11 is 0. The number of ether oxygens (including phenoxy) is 1. The molecule has 0 amide bonds. The van der Waals surface area contributed by atoms with E-state index < -0.39 is 6.43 Å². The van der Waals surface area contributed by atoms with Gasteiger partial charge in [-0.2, -0.15) is 0 Å². The third-order valence-corrected chi connectivity index (χ3v) is 2.85. The van der Waals surface area contributed by atoms with E-state index in [0.717, 1.165) is 19.4 Å². The van der Waals surface area contributed by atoms with Crippen molar-refractivity contribution in [2.24, 2.45) is 0 Å². The Labute approximate surface area is 98.9 Å². The van der Waals surface area contributed by atoms with Gasteiger partial charge in [-0.15, -0.1) is 0 Å². The molecule has 1 atom stereocenters. The molecule has 3 nitrogen and oxygen atoms in total. The van der Waals surface area contributed by atoms with Crippen molar-refractivity contribution in [3.63, 3.8) is 0 Å². The summed E-state index contributed by atoms with van der Waals surface area (Å²) in [7, 11) is 0. The van der Waals surface area contributed by atoms with Crippen LogP contribution in [0.2, 0.25) is 0 Å². The van der Waals surface area contributed by atoms with Crippen molar-refractivity contribution in [1.29, 1.82) is 0 Å². The summed E-state index contributed by atoms with van der Waals surface area (Å²) in [6, 6.07) is 4.51. The predicted molar refractivity (Wildman–Crippen MR) is 63.3 cm³/mol. The Morgan fingerprint density at radius 1 is 1.47 bits per heavy atom. The molecule has 94 valence electrons. The van der Waals surface area contributed by atoms with Crippen LogP contribution in [0, 0.1) is 0 Å². The van der Waals surface area contributed by atoms with E-state index in [4.69, 9.17) is 10.5 Å². The molecule has 0 bridgehead atoms. The zero-order valence-corrected chi connectivity index (χ0v) is 9.46. The molecule has 0 spiro atoms. The lowest BCUT2D eigenvalue weighted by Gasteiger charge is -2.15. The number of nitrogens with one attached hydrogen (secondary N) is 1.